The van der Waals surface area contributed by atoms with Crippen LogP contribution in [0.1, 0.15) is 5.56 Å². The smallest absolute Gasteiger partial charge is 0.0775 e. The molecule has 0 spiro atoms. The van der Waals surface area contributed by atoms with Crippen molar-refractivity contribution in [1.82, 2.24) is 5.32 Å². The van der Waals surface area contributed by atoms with Crippen molar-refractivity contribution in [2.45, 2.75) is 19.6 Å². The number of rotatable bonds is 4. The molecule has 0 saturated carbocycles. The summed E-state index contributed by atoms with van der Waals surface area (Å²) >= 11 is 0. The summed E-state index contributed by atoms with van der Waals surface area (Å²) in [5, 5.41) is 4.62. The van der Waals surface area contributed by atoms with E-state index in [0.717, 1.165) is 6.54 Å². The maximum atomic E-state index is 3.09. The Balaban J connectivity index is 2.73. The van der Waals surface area contributed by atoms with Crippen LogP contribution in [0.25, 0.3) is 6.08 Å². The highest BCUT2D eigenvalue weighted by Crippen LogP contribution is 2.05. The van der Waals surface area contributed by atoms with Crippen molar-refractivity contribution in [3.05, 3.63) is 35.9 Å². The molecule has 1 aromatic rings. The predicted octanol–water partition coefficient (Wildman–Crippen LogP) is 2.46. The van der Waals surface area contributed by atoms with Crippen LogP contribution < -0.4 is 10.5 Å². The molecule has 1 rings (SSSR count). The largest absolute Gasteiger partial charge is 0.316 e. The van der Waals surface area contributed by atoms with Gasteiger partial charge in [-0.3, -0.25) is 0 Å². The van der Waals surface area contributed by atoms with Crippen molar-refractivity contribution in [1.29, 1.82) is 0 Å². The lowest BCUT2D eigenvalue weighted by molar-refractivity contribution is 0.922. The lowest BCUT2D eigenvalue weighted by atomic mass is 10.2. The maximum absolute atomic E-state index is 3.09. The third-order valence-electron chi connectivity index (χ3n) is 2.41. The van der Waals surface area contributed by atoms with E-state index < -0.39 is 8.07 Å². The number of benzene rings is 1. The Bertz CT molecular complexity index is 319. The lowest BCUT2D eigenvalue weighted by Gasteiger charge is -2.16. The first kappa shape index (κ1) is 12.2. The first-order valence-electron chi connectivity index (χ1n) is 5.46. The molecule has 0 aliphatic rings. The molecule has 1 N–H and O–H groups in total. The molecule has 0 amide bonds. The standard InChI is InChI=1S/C13H21NSi/c1-14-11-5-6-12-7-9-13(10-8-12)15(2,3)4/h5-10,14H,11H2,1-4H3. The molecule has 0 fully saturated rings. The second-order valence-electron chi connectivity index (χ2n) is 4.83. The van der Waals surface area contributed by atoms with Gasteiger partial charge in [-0.15, -0.1) is 0 Å². The molecule has 0 aliphatic carbocycles. The summed E-state index contributed by atoms with van der Waals surface area (Å²) in [4.78, 5) is 0. The molecule has 82 valence electrons. The quantitative estimate of drug-likeness (QED) is 0.767. The summed E-state index contributed by atoms with van der Waals surface area (Å²) in [5.74, 6) is 0. The normalized spacial score (nSPS) is 12.3. The topological polar surface area (TPSA) is 12.0 Å². The maximum Gasteiger partial charge on any atom is 0.0775 e. The summed E-state index contributed by atoms with van der Waals surface area (Å²) in [5.41, 5.74) is 1.28. The van der Waals surface area contributed by atoms with Gasteiger partial charge in [0.1, 0.15) is 0 Å². The van der Waals surface area contributed by atoms with Gasteiger partial charge >= 0.3 is 0 Å². The highest BCUT2D eigenvalue weighted by Gasteiger charge is 2.15. The van der Waals surface area contributed by atoms with Crippen molar-refractivity contribution in [2.75, 3.05) is 13.6 Å². The Kier molecular flexibility index (Phi) is 4.30. The SMILES string of the molecule is CNCC=Cc1ccc([Si](C)(C)C)cc1. The van der Waals surface area contributed by atoms with Crippen molar-refractivity contribution >= 4 is 19.3 Å². The average Bonchev–Trinajstić information content (AvgIpc) is 2.18. The Hall–Kier alpha value is -0.863. The lowest BCUT2D eigenvalue weighted by Crippen LogP contribution is -2.37. The minimum Gasteiger partial charge on any atom is -0.316 e. The molecular weight excluding hydrogens is 198 g/mol. The van der Waals surface area contributed by atoms with E-state index in [1.54, 1.807) is 0 Å². The van der Waals surface area contributed by atoms with Gasteiger partial charge < -0.3 is 5.32 Å². The second kappa shape index (κ2) is 5.28. The van der Waals surface area contributed by atoms with Crippen LogP contribution in [0.4, 0.5) is 0 Å². The van der Waals surface area contributed by atoms with Crippen LogP contribution in [-0.2, 0) is 0 Å². The molecule has 0 heterocycles. The monoisotopic (exact) mass is 219 g/mol. The van der Waals surface area contributed by atoms with E-state index >= 15 is 0 Å². The van der Waals surface area contributed by atoms with Crippen LogP contribution in [0.2, 0.25) is 19.6 Å². The zero-order valence-electron chi connectivity index (χ0n) is 10.2. The zero-order chi connectivity index (χ0) is 11.3. The van der Waals surface area contributed by atoms with E-state index in [9.17, 15) is 0 Å². The number of likely N-dealkylation sites (N-methyl/N-ethyl adjacent to an activating group) is 1. The summed E-state index contributed by atoms with van der Waals surface area (Å²) in [6.07, 6.45) is 4.30. The van der Waals surface area contributed by atoms with E-state index in [-0.39, 0.29) is 0 Å². The zero-order valence-corrected chi connectivity index (χ0v) is 11.2. The Morgan fingerprint density at radius 2 is 1.73 bits per heavy atom. The molecule has 0 saturated heterocycles. The van der Waals surface area contributed by atoms with Gasteiger partial charge in [-0.2, -0.15) is 0 Å². The Morgan fingerprint density at radius 1 is 1.13 bits per heavy atom. The summed E-state index contributed by atoms with van der Waals surface area (Å²) in [7, 11) is 0.826. The van der Waals surface area contributed by atoms with Gasteiger partial charge in [0.15, 0.2) is 0 Å². The van der Waals surface area contributed by atoms with E-state index in [1.807, 2.05) is 7.05 Å². The first-order chi connectivity index (χ1) is 7.04. The van der Waals surface area contributed by atoms with Gasteiger partial charge in [-0.1, -0.05) is 61.2 Å². The van der Waals surface area contributed by atoms with Crippen LogP contribution in [0, 0.1) is 0 Å². The molecule has 1 aromatic carbocycles. The fourth-order valence-electron chi connectivity index (χ4n) is 1.41. The molecule has 0 aromatic heterocycles. The fraction of sp³-hybridized carbons (Fsp3) is 0.385. The van der Waals surface area contributed by atoms with Gasteiger partial charge in [-0.05, 0) is 12.6 Å². The molecule has 0 atom stereocenters. The molecular formula is C13H21NSi. The third-order valence-corrected chi connectivity index (χ3v) is 4.47. The van der Waals surface area contributed by atoms with Crippen LogP contribution in [0.15, 0.2) is 30.3 Å². The Labute approximate surface area is 94.2 Å². The molecule has 0 aliphatic heterocycles. The average molecular weight is 219 g/mol. The predicted molar refractivity (Wildman–Crippen MR) is 72.4 cm³/mol. The summed E-state index contributed by atoms with van der Waals surface area (Å²) in [6.45, 7) is 8.05. The van der Waals surface area contributed by atoms with Crippen LogP contribution >= 0.6 is 0 Å². The minimum atomic E-state index is -1.13. The fourth-order valence-corrected chi connectivity index (χ4v) is 2.57. The van der Waals surface area contributed by atoms with E-state index in [1.165, 1.54) is 10.8 Å². The van der Waals surface area contributed by atoms with E-state index in [4.69, 9.17) is 0 Å². The van der Waals surface area contributed by atoms with Crippen molar-refractivity contribution in [2.24, 2.45) is 0 Å². The van der Waals surface area contributed by atoms with Gasteiger partial charge in [-0.25, -0.2) is 0 Å². The third kappa shape index (κ3) is 4.02. The van der Waals surface area contributed by atoms with Gasteiger partial charge in [0.2, 0.25) is 0 Å². The van der Waals surface area contributed by atoms with Gasteiger partial charge in [0.25, 0.3) is 0 Å². The molecule has 0 unspecified atom stereocenters. The van der Waals surface area contributed by atoms with Gasteiger partial charge in [0, 0.05) is 6.54 Å². The van der Waals surface area contributed by atoms with Crippen LogP contribution in [0.3, 0.4) is 0 Å². The van der Waals surface area contributed by atoms with Crippen LogP contribution in [0.5, 0.6) is 0 Å². The van der Waals surface area contributed by atoms with Crippen molar-refractivity contribution in [3.8, 4) is 0 Å². The number of hydrogen-bond acceptors (Lipinski definition) is 1. The van der Waals surface area contributed by atoms with E-state index in [2.05, 4.69) is 61.4 Å². The number of nitrogens with one attached hydrogen (secondary N) is 1. The molecule has 0 bridgehead atoms. The minimum absolute atomic E-state index is 0.926. The highest BCUT2D eigenvalue weighted by molar-refractivity contribution is 6.88. The van der Waals surface area contributed by atoms with Crippen molar-refractivity contribution in [3.63, 3.8) is 0 Å². The molecule has 15 heavy (non-hydrogen) atoms. The number of hydrogen-bond donors (Lipinski definition) is 1. The highest BCUT2D eigenvalue weighted by atomic mass is 28.3. The molecule has 1 nitrogen and oxygen atoms in total. The molecule has 2 heteroatoms. The first-order valence-corrected chi connectivity index (χ1v) is 8.96. The van der Waals surface area contributed by atoms with Crippen LogP contribution in [-0.4, -0.2) is 21.7 Å². The summed E-state index contributed by atoms with van der Waals surface area (Å²) in [6, 6.07) is 8.95. The summed E-state index contributed by atoms with van der Waals surface area (Å²) < 4.78 is 0. The van der Waals surface area contributed by atoms with Crippen molar-refractivity contribution < 1.29 is 0 Å². The van der Waals surface area contributed by atoms with Gasteiger partial charge in [0.05, 0.1) is 8.07 Å². The molecule has 0 radical (unpaired) electrons. The Morgan fingerprint density at radius 3 is 2.20 bits per heavy atom. The second-order valence-corrected chi connectivity index (χ2v) is 9.91. The van der Waals surface area contributed by atoms with E-state index in [0.29, 0.717) is 0 Å².